The van der Waals surface area contributed by atoms with Crippen LogP contribution in [0.3, 0.4) is 0 Å². The van der Waals surface area contributed by atoms with Crippen molar-refractivity contribution in [2.24, 2.45) is 0 Å². The van der Waals surface area contributed by atoms with Gasteiger partial charge in [-0.1, -0.05) is 23.7 Å². The summed E-state index contributed by atoms with van der Waals surface area (Å²) in [6.07, 6.45) is 2.06. The number of aryl methyl sites for hydroxylation is 1. The Morgan fingerprint density at radius 2 is 1.57 bits per heavy atom. The van der Waals surface area contributed by atoms with Crippen molar-refractivity contribution in [2.45, 2.75) is 12.8 Å². The minimum atomic E-state index is -3.30. The van der Waals surface area contributed by atoms with Crippen LogP contribution in [0.4, 0.5) is 11.4 Å². The van der Waals surface area contributed by atoms with Gasteiger partial charge in [-0.05, 0) is 48.4 Å². The third kappa shape index (κ3) is 6.30. The number of anilines is 2. The first-order valence-corrected chi connectivity index (χ1v) is 9.21. The van der Waals surface area contributed by atoms with Crippen molar-refractivity contribution in [3.63, 3.8) is 0 Å². The van der Waals surface area contributed by atoms with E-state index in [1.807, 2.05) is 12.1 Å². The number of nitrogens with one attached hydrogen (secondary N) is 2. The Hall–Kier alpha value is -2.05. The van der Waals surface area contributed by atoms with Crippen LogP contribution in [-0.4, -0.2) is 20.6 Å². The number of sulfonamides is 1. The fourth-order valence-corrected chi connectivity index (χ4v) is 2.66. The lowest BCUT2D eigenvalue weighted by molar-refractivity contribution is -0.116. The van der Waals surface area contributed by atoms with Crippen molar-refractivity contribution in [3.8, 4) is 0 Å². The Kier molecular flexibility index (Phi) is 5.63. The van der Waals surface area contributed by atoms with E-state index in [0.29, 0.717) is 29.2 Å². The van der Waals surface area contributed by atoms with Crippen LogP contribution >= 0.6 is 11.6 Å². The van der Waals surface area contributed by atoms with E-state index in [1.54, 1.807) is 36.4 Å². The van der Waals surface area contributed by atoms with Crippen LogP contribution in [0.2, 0.25) is 5.02 Å². The van der Waals surface area contributed by atoms with E-state index >= 15 is 0 Å². The van der Waals surface area contributed by atoms with E-state index in [1.165, 1.54) is 0 Å². The van der Waals surface area contributed by atoms with Crippen LogP contribution in [0.15, 0.2) is 48.5 Å². The van der Waals surface area contributed by atoms with Crippen molar-refractivity contribution in [2.75, 3.05) is 16.3 Å². The van der Waals surface area contributed by atoms with E-state index in [2.05, 4.69) is 10.0 Å². The van der Waals surface area contributed by atoms with Crippen LogP contribution < -0.4 is 10.0 Å². The highest BCUT2D eigenvalue weighted by atomic mass is 35.5. The lowest BCUT2D eigenvalue weighted by Gasteiger charge is -2.07. The van der Waals surface area contributed by atoms with E-state index in [9.17, 15) is 13.2 Å². The summed E-state index contributed by atoms with van der Waals surface area (Å²) >= 11 is 5.81. The maximum atomic E-state index is 11.9. The SMILES string of the molecule is CS(=O)(=O)Nc1ccc(NC(=O)CCc2ccc(Cl)cc2)cc1. The summed E-state index contributed by atoms with van der Waals surface area (Å²) in [6.45, 7) is 0. The lowest BCUT2D eigenvalue weighted by Crippen LogP contribution is -2.13. The van der Waals surface area contributed by atoms with Gasteiger partial charge in [0.25, 0.3) is 0 Å². The average Bonchev–Trinajstić information content (AvgIpc) is 2.47. The molecule has 0 unspecified atom stereocenters. The smallest absolute Gasteiger partial charge is 0.229 e. The number of hydrogen-bond acceptors (Lipinski definition) is 3. The summed E-state index contributed by atoms with van der Waals surface area (Å²) in [7, 11) is -3.30. The molecule has 0 saturated heterocycles. The number of hydrogen-bond donors (Lipinski definition) is 2. The van der Waals surface area contributed by atoms with Crippen LogP contribution in [0, 0.1) is 0 Å². The number of halogens is 1. The predicted octanol–water partition coefficient (Wildman–Crippen LogP) is 3.28. The monoisotopic (exact) mass is 352 g/mol. The van der Waals surface area contributed by atoms with Crippen molar-refractivity contribution >= 4 is 38.9 Å². The number of benzene rings is 2. The first-order chi connectivity index (χ1) is 10.8. The van der Waals surface area contributed by atoms with Gasteiger partial charge in [0.05, 0.1) is 6.26 Å². The van der Waals surface area contributed by atoms with Crippen LogP contribution in [0.1, 0.15) is 12.0 Å². The van der Waals surface area contributed by atoms with Gasteiger partial charge in [-0.2, -0.15) is 0 Å². The first kappa shape index (κ1) is 17.3. The van der Waals surface area contributed by atoms with Crippen LogP contribution in [0.5, 0.6) is 0 Å². The Balaban J connectivity index is 1.86. The molecule has 5 nitrogen and oxygen atoms in total. The van der Waals surface area contributed by atoms with Gasteiger partial charge < -0.3 is 5.32 Å². The van der Waals surface area contributed by atoms with Gasteiger partial charge in [-0.15, -0.1) is 0 Å². The Labute approximate surface area is 140 Å². The van der Waals surface area contributed by atoms with E-state index < -0.39 is 10.0 Å². The Morgan fingerprint density at radius 1 is 1.00 bits per heavy atom. The zero-order chi connectivity index (χ0) is 16.9. The fraction of sp³-hybridized carbons (Fsp3) is 0.188. The molecule has 122 valence electrons. The van der Waals surface area contributed by atoms with Gasteiger partial charge in [0.1, 0.15) is 0 Å². The molecule has 0 aliphatic rings. The third-order valence-electron chi connectivity index (χ3n) is 3.03. The molecule has 0 bridgehead atoms. The van der Waals surface area contributed by atoms with Gasteiger partial charge in [-0.3, -0.25) is 9.52 Å². The average molecular weight is 353 g/mol. The van der Waals surface area contributed by atoms with Gasteiger partial charge in [-0.25, -0.2) is 8.42 Å². The zero-order valence-electron chi connectivity index (χ0n) is 12.5. The number of carbonyl (C=O) groups excluding carboxylic acids is 1. The third-order valence-corrected chi connectivity index (χ3v) is 3.88. The van der Waals surface area contributed by atoms with Gasteiger partial charge >= 0.3 is 0 Å². The van der Waals surface area contributed by atoms with Crippen LogP contribution in [-0.2, 0) is 21.2 Å². The van der Waals surface area contributed by atoms with Gasteiger partial charge in [0.15, 0.2) is 0 Å². The molecule has 23 heavy (non-hydrogen) atoms. The fourth-order valence-electron chi connectivity index (χ4n) is 1.97. The maximum Gasteiger partial charge on any atom is 0.229 e. The molecule has 2 rings (SSSR count). The molecule has 0 spiro atoms. The molecule has 0 saturated carbocycles. The molecule has 0 aromatic heterocycles. The molecule has 2 aromatic carbocycles. The molecule has 0 aliphatic heterocycles. The van der Waals surface area contributed by atoms with Gasteiger partial charge in [0.2, 0.25) is 15.9 Å². The molecule has 2 aromatic rings. The highest BCUT2D eigenvalue weighted by Gasteiger charge is 2.05. The largest absolute Gasteiger partial charge is 0.326 e. The highest BCUT2D eigenvalue weighted by molar-refractivity contribution is 7.92. The summed E-state index contributed by atoms with van der Waals surface area (Å²) < 4.78 is 24.6. The maximum absolute atomic E-state index is 11.9. The quantitative estimate of drug-likeness (QED) is 0.837. The molecule has 0 atom stereocenters. The molecular weight excluding hydrogens is 336 g/mol. The van der Waals surface area contributed by atoms with Crippen molar-refractivity contribution in [1.82, 2.24) is 0 Å². The Morgan fingerprint density at radius 3 is 2.13 bits per heavy atom. The molecular formula is C16H17ClN2O3S. The minimum Gasteiger partial charge on any atom is -0.326 e. The lowest BCUT2D eigenvalue weighted by atomic mass is 10.1. The van der Waals surface area contributed by atoms with Crippen molar-refractivity contribution in [1.29, 1.82) is 0 Å². The molecule has 0 radical (unpaired) electrons. The molecule has 0 aliphatic carbocycles. The van der Waals surface area contributed by atoms with Crippen molar-refractivity contribution in [3.05, 3.63) is 59.1 Å². The molecule has 1 amide bonds. The Bertz CT molecular complexity index is 772. The second-order valence-corrected chi connectivity index (χ2v) is 7.31. The van der Waals surface area contributed by atoms with E-state index in [-0.39, 0.29) is 5.91 Å². The van der Waals surface area contributed by atoms with Gasteiger partial charge in [0, 0.05) is 22.8 Å². The number of rotatable bonds is 6. The van der Waals surface area contributed by atoms with Crippen molar-refractivity contribution < 1.29 is 13.2 Å². The van der Waals surface area contributed by atoms with Crippen LogP contribution in [0.25, 0.3) is 0 Å². The zero-order valence-corrected chi connectivity index (χ0v) is 14.1. The molecule has 7 heteroatoms. The molecule has 0 fully saturated rings. The highest BCUT2D eigenvalue weighted by Crippen LogP contribution is 2.15. The summed E-state index contributed by atoms with van der Waals surface area (Å²) in [5, 5.41) is 3.44. The molecule has 0 heterocycles. The predicted molar refractivity (Wildman–Crippen MR) is 93.3 cm³/mol. The number of amides is 1. The second kappa shape index (κ2) is 7.48. The standard InChI is InChI=1S/C16H17ClN2O3S/c1-23(21,22)19-15-9-7-14(8-10-15)18-16(20)11-4-12-2-5-13(17)6-3-12/h2-3,5-10,19H,4,11H2,1H3,(H,18,20). The second-order valence-electron chi connectivity index (χ2n) is 5.13. The summed E-state index contributed by atoms with van der Waals surface area (Å²) in [4.78, 5) is 11.9. The minimum absolute atomic E-state index is 0.108. The number of carbonyl (C=O) groups is 1. The van der Waals surface area contributed by atoms with E-state index in [0.717, 1.165) is 11.8 Å². The topological polar surface area (TPSA) is 75.3 Å². The molecule has 2 N–H and O–H groups in total. The normalized spacial score (nSPS) is 11.0. The summed E-state index contributed by atoms with van der Waals surface area (Å²) in [5.41, 5.74) is 2.11. The first-order valence-electron chi connectivity index (χ1n) is 6.94. The summed E-state index contributed by atoms with van der Waals surface area (Å²) in [5.74, 6) is -0.108. The van der Waals surface area contributed by atoms with E-state index in [4.69, 9.17) is 11.6 Å². The summed E-state index contributed by atoms with van der Waals surface area (Å²) in [6, 6.07) is 13.8.